The van der Waals surface area contributed by atoms with Gasteiger partial charge in [-0.25, -0.2) is 0 Å². The number of halogens is 1. The van der Waals surface area contributed by atoms with Crippen LogP contribution in [0.3, 0.4) is 0 Å². The Bertz CT molecular complexity index is 386. The van der Waals surface area contributed by atoms with Crippen molar-refractivity contribution in [1.82, 2.24) is 0 Å². The molecule has 2 atom stereocenters. The van der Waals surface area contributed by atoms with Gasteiger partial charge < -0.3 is 19.7 Å². The average molecular weight is 370 g/mol. The molecule has 0 radical (unpaired) electrons. The van der Waals surface area contributed by atoms with Gasteiger partial charge >= 0.3 is 0 Å². The van der Waals surface area contributed by atoms with Crippen LogP contribution >= 0.6 is 35.2 Å². The number of aliphatic hydroxyl groups is 2. The minimum Gasteiger partial charge on any atom is -0.493 e. The summed E-state index contributed by atoms with van der Waals surface area (Å²) < 4.78 is 11.2. The third-order valence-corrected chi connectivity index (χ3v) is 3.52. The Labute approximate surface area is 119 Å². The van der Waals surface area contributed by atoms with Crippen molar-refractivity contribution < 1.29 is 19.7 Å². The predicted molar refractivity (Wildman–Crippen MR) is 77.1 cm³/mol. The van der Waals surface area contributed by atoms with Gasteiger partial charge in [-0.05, 0) is 40.3 Å². The molecular weight excluding hydrogens is 355 g/mol. The van der Waals surface area contributed by atoms with E-state index in [1.807, 2.05) is 0 Å². The molecule has 4 nitrogen and oxygen atoms in total. The summed E-state index contributed by atoms with van der Waals surface area (Å²) in [5.74, 6) is 1.33. The molecule has 0 bridgehead atoms. The molecule has 0 saturated carbocycles. The monoisotopic (exact) mass is 370 g/mol. The van der Waals surface area contributed by atoms with Crippen LogP contribution in [-0.4, -0.2) is 36.3 Å². The molecule has 0 aromatic heterocycles. The van der Waals surface area contributed by atoms with E-state index in [1.165, 1.54) is 7.11 Å². The second kappa shape index (κ2) is 6.67. The van der Waals surface area contributed by atoms with Crippen LogP contribution in [0.5, 0.6) is 11.5 Å². The fourth-order valence-corrected chi connectivity index (χ4v) is 2.48. The van der Waals surface area contributed by atoms with Gasteiger partial charge in [-0.3, -0.25) is 0 Å². The molecule has 1 aromatic rings. The number of rotatable bonds is 5. The molecule has 17 heavy (non-hydrogen) atoms. The zero-order chi connectivity index (χ0) is 13.0. The number of thiol groups is 1. The Morgan fingerprint density at radius 3 is 2.41 bits per heavy atom. The highest BCUT2D eigenvalue weighted by Gasteiger charge is 2.20. The first-order chi connectivity index (χ1) is 8.04. The average Bonchev–Trinajstić information content (AvgIpc) is 2.35. The summed E-state index contributed by atoms with van der Waals surface area (Å²) >= 11 is 6.04. The van der Waals surface area contributed by atoms with Gasteiger partial charge in [0.2, 0.25) is 0 Å². The lowest BCUT2D eigenvalue weighted by Gasteiger charge is -2.18. The summed E-state index contributed by atoms with van der Waals surface area (Å²) in [6.07, 6.45) is -1.90. The third kappa shape index (κ3) is 3.40. The van der Waals surface area contributed by atoms with Crippen LogP contribution in [0.15, 0.2) is 12.1 Å². The molecule has 0 amide bonds. The molecule has 2 unspecified atom stereocenters. The van der Waals surface area contributed by atoms with E-state index in [9.17, 15) is 10.2 Å². The van der Waals surface area contributed by atoms with Gasteiger partial charge in [-0.2, -0.15) is 12.6 Å². The van der Waals surface area contributed by atoms with E-state index in [0.717, 1.165) is 3.57 Å². The zero-order valence-corrected chi connectivity index (χ0v) is 12.6. The molecule has 0 aliphatic heterocycles. The zero-order valence-electron chi connectivity index (χ0n) is 9.55. The quantitative estimate of drug-likeness (QED) is 0.545. The number of hydrogen-bond donors (Lipinski definition) is 3. The molecular formula is C11H15IO4S. The van der Waals surface area contributed by atoms with Crippen molar-refractivity contribution in [3.8, 4) is 11.5 Å². The number of hydrogen-bond acceptors (Lipinski definition) is 5. The smallest absolute Gasteiger partial charge is 0.174 e. The van der Waals surface area contributed by atoms with Crippen molar-refractivity contribution in [1.29, 1.82) is 0 Å². The van der Waals surface area contributed by atoms with E-state index >= 15 is 0 Å². The largest absolute Gasteiger partial charge is 0.493 e. The number of benzene rings is 1. The van der Waals surface area contributed by atoms with Crippen LogP contribution in [0.25, 0.3) is 0 Å². The minimum atomic E-state index is -0.985. The maximum absolute atomic E-state index is 9.90. The van der Waals surface area contributed by atoms with Gasteiger partial charge in [0, 0.05) is 5.75 Å². The van der Waals surface area contributed by atoms with Crippen molar-refractivity contribution in [2.45, 2.75) is 12.2 Å². The van der Waals surface area contributed by atoms with Crippen molar-refractivity contribution >= 4 is 35.2 Å². The van der Waals surface area contributed by atoms with Crippen LogP contribution in [0.4, 0.5) is 0 Å². The van der Waals surface area contributed by atoms with E-state index in [1.54, 1.807) is 19.2 Å². The fourth-order valence-electron chi connectivity index (χ4n) is 1.43. The maximum atomic E-state index is 9.90. The van der Waals surface area contributed by atoms with Crippen LogP contribution in [0, 0.1) is 3.57 Å². The van der Waals surface area contributed by atoms with Gasteiger partial charge in [-0.1, -0.05) is 0 Å². The lowest BCUT2D eigenvalue weighted by molar-refractivity contribution is 0.0335. The third-order valence-electron chi connectivity index (χ3n) is 2.35. The van der Waals surface area contributed by atoms with Gasteiger partial charge in [0.25, 0.3) is 0 Å². The molecule has 1 aromatic carbocycles. The molecule has 6 heteroatoms. The molecule has 96 valence electrons. The van der Waals surface area contributed by atoms with Gasteiger partial charge in [0.05, 0.1) is 23.9 Å². The molecule has 0 heterocycles. The predicted octanol–water partition coefficient (Wildman–Crippen LogP) is 1.63. The topological polar surface area (TPSA) is 58.9 Å². The molecule has 0 fully saturated rings. The molecule has 0 aliphatic rings. The SMILES string of the molecule is COc1cc(C(O)C(O)CS)cc(I)c1OC. The van der Waals surface area contributed by atoms with Crippen molar-refractivity contribution in [2.24, 2.45) is 0 Å². The van der Waals surface area contributed by atoms with E-state index in [0.29, 0.717) is 17.1 Å². The van der Waals surface area contributed by atoms with Gasteiger partial charge in [0.1, 0.15) is 6.10 Å². The maximum Gasteiger partial charge on any atom is 0.174 e. The first kappa shape index (κ1) is 14.9. The summed E-state index contributed by atoms with van der Waals surface area (Å²) in [5, 5.41) is 19.5. The van der Waals surface area contributed by atoms with E-state index in [-0.39, 0.29) is 5.75 Å². The van der Waals surface area contributed by atoms with E-state index in [2.05, 4.69) is 35.2 Å². The summed E-state index contributed by atoms with van der Waals surface area (Å²) in [6, 6.07) is 3.40. The Hall–Kier alpha value is -0.180. The number of methoxy groups -OCH3 is 2. The normalized spacial score (nSPS) is 14.2. The van der Waals surface area contributed by atoms with Gasteiger partial charge in [0.15, 0.2) is 11.5 Å². The standard InChI is InChI=1S/C11H15IO4S/c1-15-9-4-6(10(14)8(13)5-17)3-7(12)11(9)16-2/h3-4,8,10,13-14,17H,5H2,1-2H3. The van der Waals surface area contributed by atoms with Crippen LogP contribution in [0.2, 0.25) is 0 Å². The summed E-state index contributed by atoms with van der Waals surface area (Å²) in [6.45, 7) is 0. The summed E-state index contributed by atoms with van der Waals surface area (Å²) in [5.41, 5.74) is 0.577. The van der Waals surface area contributed by atoms with Crippen molar-refractivity contribution in [2.75, 3.05) is 20.0 Å². The summed E-state index contributed by atoms with van der Waals surface area (Å²) in [4.78, 5) is 0. The highest BCUT2D eigenvalue weighted by Crippen LogP contribution is 2.35. The van der Waals surface area contributed by atoms with Crippen LogP contribution < -0.4 is 9.47 Å². The fraction of sp³-hybridized carbons (Fsp3) is 0.455. The molecule has 0 saturated heterocycles. The highest BCUT2D eigenvalue weighted by atomic mass is 127. The van der Waals surface area contributed by atoms with Crippen LogP contribution in [-0.2, 0) is 0 Å². The Kier molecular flexibility index (Phi) is 5.84. The minimum absolute atomic E-state index is 0.187. The van der Waals surface area contributed by atoms with Gasteiger partial charge in [-0.15, -0.1) is 0 Å². The Morgan fingerprint density at radius 2 is 1.94 bits per heavy atom. The van der Waals surface area contributed by atoms with Crippen molar-refractivity contribution in [3.05, 3.63) is 21.3 Å². The molecule has 2 N–H and O–H groups in total. The Morgan fingerprint density at radius 1 is 1.29 bits per heavy atom. The van der Waals surface area contributed by atoms with Crippen LogP contribution in [0.1, 0.15) is 11.7 Å². The van der Waals surface area contributed by atoms with Crippen molar-refractivity contribution in [3.63, 3.8) is 0 Å². The lowest BCUT2D eigenvalue weighted by atomic mass is 10.0. The van der Waals surface area contributed by atoms with E-state index in [4.69, 9.17) is 9.47 Å². The Balaban J connectivity index is 3.15. The summed E-state index contributed by atoms with van der Waals surface area (Å²) in [7, 11) is 3.08. The second-order valence-corrected chi connectivity index (χ2v) is 4.96. The first-order valence-electron chi connectivity index (χ1n) is 4.93. The first-order valence-corrected chi connectivity index (χ1v) is 6.64. The lowest BCUT2D eigenvalue weighted by Crippen LogP contribution is -2.20. The highest BCUT2D eigenvalue weighted by molar-refractivity contribution is 14.1. The molecule has 1 rings (SSSR count). The second-order valence-electron chi connectivity index (χ2n) is 3.43. The van der Waals surface area contributed by atoms with E-state index < -0.39 is 12.2 Å². The number of aliphatic hydroxyl groups excluding tert-OH is 2. The molecule has 0 spiro atoms. The number of ether oxygens (including phenoxy) is 2. The molecule has 0 aliphatic carbocycles.